The van der Waals surface area contributed by atoms with Crippen LogP contribution in [0.4, 0.5) is 10.6 Å². The van der Waals surface area contributed by atoms with Gasteiger partial charge in [0.1, 0.15) is 29.9 Å². The van der Waals surface area contributed by atoms with Crippen LogP contribution in [0.2, 0.25) is 0 Å². The number of aromatic amines is 1. The van der Waals surface area contributed by atoms with Crippen LogP contribution in [-0.2, 0) is 27.9 Å². The molecular formula is C32H36N6O7. The standard InChI is InChI=1S/C32H36N6O7/c1-33-32(40)45-22-12-9-20(15-22)24-17-28(36-35-24)34-30(39)26-16-25(37-38(26)2)23-5-4-6-27(29(23)31-42-13-14-43-31)44-18-19-7-10-21(41-3)11-8-19/h4-8,10-11,16-17,20,22,31H,9,12-15,18H2,1-3H3,(H,33,40)(H2,34,35,36,39)/t20-,22+/m0/s1. The second-order valence-electron chi connectivity index (χ2n) is 10.9. The van der Waals surface area contributed by atoms with Gasteiger partial charge in [0.05, 0.1) is 31.6 Å². The lowest BCUT2D eigenvalue weighted by Crippen LogP contribution is -2.24. The van der Waals surface area contributed by atoms with E-state index in [1.165, 1.54) is 11.7 Å². The first-order valence-corrected chi connectivity index (χ1v) is 14.8. The van der Waals surface area contributed by atoms with Gasteiger partial charge >= 0.3 is 6.09 Å². The number of aryl methyl sites for hydroxylation is 1. The van der Waals surface area contributed by atoms with Crippen molar-refractivity contribution >= 4 is 17.8 Å². The molecule has 13 nitrogen and oxygen atoms in total. The molecule has 1 aliphatic heterocycles. The van der Waals surface area contributed by atoms with Crippen LogP contribution in [-0.4, -0.2) is 65.5 Å². The quantitative estimate of drug-likeness (QED) is 0.231. The van der Waals surface area contributed by atoms with Crippen molar-refractivity contribution in [3.05, 3.63) is 77.1 Å². The molecule has 3 heterocycles. The first-order valence-electron chi connectivity index (χ1n) is 14.8. The number of carbonyl (C=O) groups excluding carboxylic acids is 2. The molecule has 2 fully saturated rings. The summed E-state index contributed by atoms with van der Waals surface area (Å²) in [7, 11) is 4.88. The van der Waals surface area contributed by atoms with E-state index in [4.69, 9.17) is 23.7 Å². The summed E-state index contributed by atoms with van der Waals surface area (Å²) in [4.78, 5) is 24.9. The summed E-state index contributed by atoms with van der Waals surface area (Å²) in [6.07, 6.45) is 1.09. The Balaban J connectivity index is 1.18. The maximum Gasteiger partial charge on any atom is 0.407 e. The molecular weight excluding hydrogens is 580 g/mol. The number of benzene rings is 2. The number of amides is 2. The predicted molar refractivity (Wildman–Crippen MR) is 163 cm³/mol. The number of aromatic nitrogens is 4. The van der Waals surface area contributed by atoms with Gasteiger partial charge in [-0.2, -0.15) is 10.2 Å². The van der Waals surface area contributed by atoms with Gasteiger partial charge in [-0.15, -0.1) is 0 Å². The average molecular weight is 617 g/mol. The summed E-state index contributed by atoms with van der Waals surface area (Å²) >= 11 is 0. The van der Waals surface area contributed by atoms with E-state index >= 15 is 0 Å². The predicted octanol–water partition coefficient (Wildman–Crippen LogP) is 4.69. The number of hydrogen-bond acceptors (Lipinski definition) is 9. The van der Waals surface area contributed by atoms with Gasteiger partial charge < -0.3 is 34.3 Å². The van der Waals surface area contributed by atoms with E-state index in [9.17, 15) is 9.59 Å². The fourth-order valence-electron chi connectivity index (χ4n) is 5.69. The molecule has 0 spiro atoms. The molecule has 0 unspecified atom stereocenters. The smallest absolute Gasteiger partial charge is 0.407 e. The van der Waals surface area contributed by atoms with Crippen molar-refractivity contribution in [1.29, 1.82) is 0 Å². The highest BCUT2D eigenvalue weighted by molar-refractivity contribution is 6.03. The van der Waals surface area contributed by atoms with Gasteiger partial charge in [0.2, 0.25) is 0 Å². The third kappa shape index (κ3) is 6.79. The van der Waals surface area contributed by atoms with Crippen molar-refractivity contribution in [3.8, 4) is 22.8 Å². The number of alkyl carbamates (subject to hydrolysis) is 1. The molecule has 1 saturated carbocycles. The molecule has 13 heteroatoms. The Morgan fingerprint density at radius 3 is 2.64 bits per heavy atom. The molecule has 4 aromatic rings. The van der Waals surface area contributed by atoms with Crippen LogP contribution < -0.4 is 20.1 Å². The molecule has 45 heavy (non-hydrogen) atoms. The Morgan fingerprint density at radius 1 is 1.09 bits per heavy atom. The summed E-state index contributed by atoms with van der Waals surface area (Å²) in [5.74, 6) is 1.57. The summed E-state index contributed by atoms with van der Waals surface area (Å²) in [5, 5.41) is 17.3. The van der Waals surface area contributed by atoms with Crippen LogP contribution in [0.15, 0.2) is 54.6 Å². The van der Waals surface area contributed by atoms with Gasteiger partial charge in [-0.05, 0) is 49.1 Å². The minimum atomic E-state index is -0.634. The zero-order valence-electron chi connectivity index (χ0n) is 25.4. The molecule has 1 saturated heterocycles. The van der Waals surface area contributed by atoms with Crippen molar-refractivity contribution in [2.75, 3.05) is 32.7 Å². The number of nitrogens with one attached hydrogen (secondary N) is 3. The Morgan fingerprint density at radius 2 is 1.89 bits per heavy atom. The van der Waals surface area contributed by atoms with E-state index < -0.39 is 12.4 Å². The van der Waals surface area contributed by atoms with E-state index in [2.05, 4.69) is 25.9 Å². The first-order chi connectivity index (χ1) is 21.9. The fraction of sp³-hybridized carbons (Fsp3) is 0.375. The zero-order valence-corrected chi connectivity index (χ0v) is 25.4. The Kier molecular flexibility index (Phi) is 8.98. The molecule has 2 amide bonds. The highest BCUT2D eigenvalue weighted by Gasteiger charge is 2.31. The monoisotopic (exact) mass is 616 g/mol. The normalized spacial score (nSPS) is 18.1. The largest absolute Gasteiger partial charge is 0.497 e. The molecule has 2 aromatic carbocycles. The van der Waals surface area contributed by atoms with Crippen LogP contribution in [0, 0.1) is 0 Å². The Hall–Kier alpha value is -4.88. The lowest BCUT2D eigenvalue weighted by Gasteiger charge is -2.19. The molecule has 3 N–H and O–H groups in total. The van der Waals surface area contributed by atoms with Crippen LogP contribution in [0.25, 0.3) is 11.3 Å². The lowest BCUT2D eigenvalue weighted by molar-refractivity contribution is -0.0454. The number of carbonyl (C=O) groups is 2. The van der Waals surface area contributed by atoms with Crippen molar-refractivity contribution < 1.29 is 33.3 Å². The van der Waals surface area contributed by atoms with Crippen LogP contribution >= 0.6 is 0 Å². The summed E-state index contributed by atoms with van der Waals surface area (Å²) in [5.41, 5.74) is 4.22. The van der Waals surface area contributed by atoms with E-state index in [0.29, 0.717) is 54.8 Å². The van der Waals surface area contributed by atoms with E-state index in [1.54, 1.807) is 20.2 Å². The van der Waals surface area contributed by atoms with Gasteiger partial charge in [-0.25, -0.2) is 4.79 Å². The number of anilines is 1. The fourth-order valence-corrected chi connectivity index (χ4v) is 5.69. The maximum absolute atomic E-state index is 13.4. The summed E-state index contributed by atoms with van der Waals surface area (Å²) in [6, 6.07) is 16.9. The zero-order chi connectivity index (χ0) is 31.3. The minimum absolute atomic E-state index is 0.152. The molecule has 1 aliphatic carbocycles. The second kappa shape index (κ2) is 13.4. The van der Waals surface area contributed by atoms with Crippen LogP contribution in [0.3, 0.4) is 0 Å². The van der Waals surface area contributed by atoms with E-state index in [-0.39, 0.29) is 17.9 Å². The topological polar surface area (TPSA) is 151 Å². The van der Waals surface area contributed by atoms with Crippen molar-refractivity contribution in [1.82, 2.24) is 25.3 Å². The van der Waals surface area contributed by atoms with Crippen LogP contribution in [0.5, 0.6) is 11.5 Å². The number of nitrogens with zero attached hydrogens (tertiary/aromatic N) is 3. The average Bonchev–Trinajstić information content (AvgIpc) is 3.88. The minimum Gasteiger partial charge on any atom is -0.497 e. The number of hydrogen-bond donors (Lipinski definition) is 3. The number of methoxy groups -OCH3 is 1. The maximum atomic E-state index is 13.4. The number of ether oxygens (including phenoxy) is 5. The van der Waals surface area contributed by atoms with Crippen molar-refractivity contribution in [3.63, 3.8) is 0 Å². The molecule has 6 rings (SSSR count). The highest BCUT2D eigenvalue weighted by Crippen LogP contribution is 2.40. The van der Waals surface area contributed by atoms with Crippen molar-refractivity contribution in [2.45, 2.75) is 44.2 Å². The van der Waals surface area contributed by atoms with E-state index in [0.717, 1.165) is 35.4 Å². The molecule has 236 valence electrons. The molecule has 2 aromatic heterocycles. The molecule has 2 atom stereocenters. The number of H-pyrrole nitrogens is 1. The molecule has 0 bridgehead atoms. The van der Waals surface area contributed by atoms with Crippen molar-refractivity contribution in [2.24, 2.45) is 7.05 Å². The van der Waals surface area contributed by atoms with Gasteiger partial charge in [0.25, 0.3) is 5.91 Å². The summed E-state index contributed by atoms with van der Waals surface area (Å²) in [6.45, 7) is 1.25. The SMILES string of the molecule is CNC(=O)O[C@@H]1CC[C@H](c2cc(NC(=O)c3cc(-c4cccc(OCc5ccc(OC)cc5)c4C4OCCO4)nn3C)n[nH]2)C1. The second-order valence-corrected chi connectivity index (χ2v) is 10.9. The van der Waals surface area contributed by atoms with Crippen LogP contribution in [0.1, 0.15) is 58.8 Å². The molecule has 0 radical (unpaired) electrons. The molecule has 2 aliphatic rings. The third-order valence-corrected chi connectivity index (χ3v) is 8.01. The van der Waals surface area contributed by atoms with E-state index in [1.807, 2.05) is 48.5 Å². The van der Waals surface area contributed by atoms with Gasteiger partial charge in [-0.3, -0.25) is 14.6 Å². The Labute approximate surface area is 260 Å². The number of rotatable bonds is 10. The lowest BCUT2D eigenvalue weighted by atomic mass is 10.0. The highest BCUT2D eigenvalue weighted by atomic mass is 16.7. The van der Waals surface area contributed by atoms with Gasteiger partial charge in [0, 0.05) is 37.3 Å². The van der Waals surface area contributed by atoms with Gasteiger partial charge in [-0.1, -0.05) is 24.3 Å². The summed E-state index contributed by atoms with van der Waals surface area (Å²) < 4.78 is 30.2. The first kappa shape index (κ1) is 30.2. The Bertz CT molecular complexity index is 1640. The third-order valence-electron chi connectivity index (χ3n) is 8.01. The van der Waals surface area contributed by atoms with Gasteiger partial charge in [0.15, 0.2) is 12.1 Å².